The van der Waals surface area contributed by atoms with Gasteiger partial charge in [-0.2, -0.15) is 0 Å². The van der Waals surface area contributed by atoms with Crippen LogP contribution in [0.1, 0.15) is 44.2 Å². The van der Waals surface area contributed by atoms with Crippen LogP contribution >= 0.6 is 24.0 Å². The van der Waals surface area contributed by atoms with Gasteiger partial charge in [-0.1, -0.05) is 24.3 Å². The third-order valence-corrected chi connectivity index (χ3v) is 4.89. The van der Waals surface area contributed by atoms with E-state index in [2.05, 4.69) is 35.3 Å². The molecule has 170 valence electrons. The van der Waals surface area contributed by atoms with Gasteiger partial charge in [0.2, 0.25) is 5.91 Å². The van der Waals surface area contributed by atoms with E-state index in [4.69, 9.17) is 20.2 Å². The predicted octanol–water partition coefficient (Wildman–Crippen LogP) is 2.91. The Balaban J connectivity index is 0.00000450. The monoisotopic (exact) mass is 532 g/mol. The lowest BCUT2D eigenvalue weighted by molar-refractivity contribution is -0.119. The number of carbonyl (C=O) groups excluding carboxylic acids is 1. The first-order valence-electron chi connectivity index (χ1n) is 10.7. The molecule has 0 aromatic heterocycles. The molecule has 1 aliphatic heterocycles. The van der Waals surface area contributed by atoms with Crippen molar-refractivity contribution in [3.8, 4) is 0 Å². The number of hydrogen-bond donors (Lipinski definition) is 2. The number of piperidine rings is 1. The van der Waals surface area contributed by atoms with Crippen LogP contribution in [-0.2, 0) is 27.4 Å². The molecule has 2 rings (SSSR count). The molecule has 3 N–H and O–H groups in total. The second kappa shape index (κ2) is 15.4. The van der Waals surface area contributed by atoms with Crippen molar-refractivity contribution in [3.63, 3.8) is 0 Å². The predicted molar refractivity (Wildman–Crippen MR) is 131 cm³/mol. The average Bonchev–Trinajstić information content (AvgIpc) is 2.71. The second-order valence-corrected chi connectivity index (χ2v) is 7.36. The van der Waals surface area contributed by atoms with Gasteiger partial charge in [-0.25, -0.2) is 4.99 Å². The number of benzene rings is 1. The molecule has 0 saturated carbocycles. The number of rotatable bonds is 11. The van der Waals surface area contributed by atoms with Crippen LogP contribution in [0.5, 0.6) is 0 Å². The normalized spacial score (nSPS) is 16.8. The lowest BCUT2D eigenvalue weighted by Crippen LogP contribution is -2.47. The molecule has 1 aliphatic rings. The molecule has 30 heavy (non-hydrogen) atoms. The van der Waals surface area contributed by atoms with Gasteiger partial charge in [0.15, 0.2) is 5.96 Å². The van der Waals surface area contributed by atoms with Crippen molar-refractivity contribution in [1.29, 1.82) is 0 Å². The summed E-state index contributed by atoms with van der Waals surface area (Å²) in [6.07, 6.45) is 2.54. The molecule has 1 unspecified atom stereocenters. The Labute approximate surface area is 197 Å². The van der Waals surface area contributed by atoms with Crippen molar-refractivity contribution >= 4 is 35.8 Å². The van der Waals surface area contributed by atoms with Crippen molar-refractivity contribution in [1.82, 2.24) is 10.2 Å². The zero-order valence-electron chi connectivity index (χ0n) is 18.3. The van der Waals surface area contributed by atoms with Gasteiger partial charge in [-0.3, -0.25) is 4.79 Å². The van der Waals surface area contributed by atoms with Crippen LogP contribution in [-0.4, -0.2) is 56.2 Å². The van der Waals surface area contributed by atoms with Crippen LogP contribution in [0.4, 0.5) is 0 Å². The van der Waals surface area contributed by atoms with Crippen molar-refractivity contribution in [3.05, 3.63) is 35.4 Å². The quantitative estimate of drug-likeness (QED) is 0.198. The van der Waals surface area contributed by atoms with Gasteiger partial charge in [-0.05, 0) is 43.7 Å². The number of halogens is 1. The van der Waals surface area contributed by atoms with Gasteiger partial charge >= 0.3 is 0 Å². The molecule has 1 saturated heterocycles. The Morgan fingerprint density at radius 1 is 1.27 bits per heavy atom. The second-order valence-electron chi connectivity index (χ2n) is 7.36. The maximum atomic E-state index is 11.3. The zero-order valence-corrected chi connectivity index (χ0v) is 20.6. The molecule has 0 aliphatic carbocycles. The Kier molecular flexibility index (Phi) is 13.7. The van der Waals surface area contributed by atoms with E-state index in [9.17, 15) is 4.79 Å². The molecule has 7 nitrogen and oxygen atoms in total. The Morgan fingerprint density at radius 2 is 2.03 bits per heavy atom. The van der Waals surface area contributed by atoms with Gasteiger partial charge in [0.1, 0.15) is 0 Å². The van der Waals surface area contributed by atoms with E-state index in [0.717, 1.165) is 49.6 Å². The molecule has 1 aromatic carbocycles. The minimum atomic E-state index is -0.223. The largest absolute Gasteiger partial charge is 0.379 e. The van der Waals surface area contributed by atoms with Crippen molar-refractivity contribution in [2.45, 2.75) is 46.3 Å². The maximum Gasteiger partial charge on any atom is 0.217 e. The summed E-state index contributed by atoms with van der Waals surface area (Å²) in [6, 6.07) is 8.34. The Morgan fingerprint density at radius 3 is 2.77 bits per heavy atom. The van der Waals surface area contributed by atoms with Crippen LogP contribution in [0.3, 0.4) is 0 Å². The van der Waals surface area contributed by atoms with Crippen molar-refractivity contribution < 1.29 is 14.3 Å². The lowest BCUT2D eigenvalue weighted by atomic mass is 9.95. The summed E-state index contributed by atoms with van der Waals surface area (Å²) in [4.78, 5) is 18.4. The molecular formula is C22H37IN4O3. The number of aliphatic imine (C=N–C) groups is 1. The highest BCUT2D eigenvalue weighted by Crippen LogP contribution is 2.19. The third-order valence-electron chi connectivity index (χ3n) is 4.89. The number of hydrogen-bond acceptors (Lipinski definition) is 4. The first kappa shape index (κ1) is 26.6. The van der Waals surface area contributed by atoms with Gasteiger partial charge in [0.05, 0.1) is 26.4 Å². The molecule has 1 aromatic rings. The number of likely N-dealkylation sites (tertiary alicyclic amines) is 1. The highest BCUT2D eigenvalue weighted by molar-refractivity contribution is 14.0. The standard InChI is InChI=1S/C22H36N4O3.HI/c1-3-24-22(26-10-6-9-19(16-26)14-21(23)27)25-15-18-7-5-8-20(13-18)17-29-12-11-28-4-2;/h5,7-8,13,19H,3-4,6,9-12,14-17H2,1-2H3,(H2,23,27)(H,24,25);1H. The van der Waals surface area contributed by atoms with E-state index in [1.165, 1.54) is 0 Å². The number of ether oxygens (including phenoxy) is 2. The molecule has 1 atom stereocenters. The van der Waals surface area contributed by atoms with E-state index in [-0.39, 0.29) is 29.9 Å². The first-order valence-corrected chi connectivity index (χ1v) is 10.7. The fraction of sp³-hybridized carbons (Fsp3) is 0.636. The molecule has 0 bridgehead atoms. The summed E-state index contributed by atoms with van der Waals surface area (Å²) < 4.78 is 10.9. The van der Waals surface area contributed by atoms with E-state index in [1.807, 2.05) is 13.0 Å². The van der Waals surface area contributed by atoms with Gasteiger partial charge in [0.25, 0.3) is 0 Å². The molecular weight excluding hydrogens is 495 g/mol. The highest BCUT2D eigenvalue weighted by atomic mass is 127. The van der Waals surface area contributed by atoms with Crippen molar-refractivity contribution in [2.24, 2.45) is 16.6 Å². The Hall–Kier alpha value is -1.39. The molecule has 1 heterocycles. The fourth-order valence-corrected chi connectivity index (χ4v) is 3.57. The van der Waals surface area contributed by atoms with E-state index < -0.39 is 0 Å². The summed E-state index contributed by atoms with van der Waals surface area (Å²) >= 11 is 0. The van der Waals surface area contributed by atoms with Crippen LogP contribution in [0.2, 0.25) is 0 Å². The summed E-state index contributed by atoms with van der Waals surface area (Å²) in [5.41, 5.74) is 7.68. The van der Waals surface area contributed by atoms with Gasteiger partial charge in [-0.15, -0.1) is 24.0 Å². The van der Waals surface area contributed by atoms with Crippen LogP contribution in [0.25, 0.3) is 0 Å². The van der Waals surface area contributed by atoms with Crippen molar-refractivity contribution in [2.75, 3.05) is 39.5 Å². The summed E-state index contributed by atoms with van der Waals surface area (Å²) in [5, 5.41) is 3.39. The number of carbonyl (C=O) groups is 1. The fourth-order valence-electron chi connectivity index (χ4n) is 3.57. The minimum Gasteiger partial charge on any atom is -0.379 e. The van der Waals surface area contributed by atoms with E-state index in [0.29, 0.717) is 45.3 Å². The third kappa shape index (κ3) is 10.1. The van der Waals surface area contributed by atoms with E-state index in [1.54, 1.807) is 0 Å². The topological polar surface area (TPSA) is 89.2 Å². The average molecular weight is 532 g/mol. The number of primary amides is 1. The molecule has 1 amide bonds. The number of nitrogens with zero attached hydrogens (tertiary/aromatic N) is 2. The smallest absolute Gasteiger partial charge is 0.217 e. The number of nitrogens with one attached hydrogen (secondary N) is 1. The van der Waals surface area contributed by atoms with Crippen LogP contribution in [0, 0.1) is 5.92 Å². The number of nitrogens with two attached hydrogens (primary N) is 1. The number of amides is 1. The number of guanidine groups is 1. The molecule has 1 fully saturated rings. The molecule has 0 radical (unpaired) electrons. The summed E-state index contributed by atoms with van der Waals surface area (Å²) in [7, 11) is 0. The maximum absolute atomic E-state index is 11.3. The van der Waals surface area contributed by atoms with Crippen LogP contribution < -0.4 is 11.1 Å². The van der Waals surface area contributed by atoms with Gasteiger partial charge < -0.3 is 25.4 Å². The molecule has 8 heteroatoms. The SMILES string of the molecule is CCNC(=NCc1cccc(COCCOCC)c1)N1CCCC(CC(N)=O)C1.I. The summed E-state index contributed by atoms with van der Waals surface area (Å²) in [6.45, 7) is 9.75. The minimum absolute atomic E-state index is 0. The van der Waals surface area contributed by atoms with E-state index >= 15 is 0 Å². The van der Waals surface area contributed by atoms with Gasteiger partial charge in [0, 0.05) is 32.7 Å². The zero-order chi connectivity index (χ0) is 20.9. The summed E-state index contributed by atoms with van der Waals surface area (Å²) in [5.74, 6) is 0.987. The van der Waals surface area contributed by atoms with Crippen LogP contribution in [0.15, 0.2) is 29.3 Å². The first-order chi connectivity index (χ1) is 14.1. The lowest BCUT2D eigenvalue weighted by Gasteiger charge is -2.34. The highest BCUT2D eigenvalue weighted by Gasteiger charge is 2.23. The Bertz CT molecular complexity index is 657. The molecule has 0 spiro atoms.